The molecule has 8 heteroatoms. The summed E-state index contributed by atoms with van der Waals surface area (Å²) in [5.74, 6) is -1.74. The zero-order valence-corrected chi connectivity index (χ0v) is 17.7. The van der Waals surface area contributed by atoms with Crippen LogP contribution in [0, 0.1) is 18.3 Å². The van der Waals surface area contributed by atoms with E-state index in [1.165, 1.54) is 18.2 Å². The topological polar surface area (TPSA) is 114 Å². The average molecular weight is 427 g/mol. The summed E-state index contributed by atoms with van der Waals surface area (Å²) in [6, 6.07) is 7.98. The average Bonchev–Trinajstić information content (AvgIpc) is 3.02. The molecule has 0 bridgehead atoms. The summed E-state index contributed by atoms with van der Waals surface area (Å²) in [6.07, 6.45) is 1.11. The largest absolute Gasteiger partial charge is 0.508 e. The summed E-state index contributed by atoms with van der Waals surface area (Å²) < 4.78 is 10.1. The molecule has 2 aromatic rings. The fourth-order valence-electron chi connectivity index (χ4n) is 2.76. The van der Waals surface area contributed by atoms with E-state index in [1.54, 1.807) is 32.9 Å². The first-order chi connectivity index (χ1) is 14.3. The Balaban J connectivity index is 2.43. The first kappa shape index (κ1) is 22.8. The number of Topliss-reactive ketones (excluding diaryl/α,β-unsaturated/α-hetero) is 1. The Morgan fingerprint density at radius 2 is 1.83 bits per heavy atom. The third-order valence-corrected chi connectivity index (χ3v) is 5.36. The number of nitriles is 1. The molecule has 1 aromatic heterocycles. The van der Waals surface area contributed by atoms with Gasteiger partial charge < -0.3 is 14.6 Å². The van der Waals surface area contributed by atoms with Crippen molar-refractivity contribution >= 4 is 35.1 Å². The van der Waals surface area contributed by atoms with Crippen LogP contribution in [0.5, 0.6) is 5.75 Å². The van der Waals surface area contributed by atoms with E-state index in [9.17, 15) is 24.8 Å². The molecule has 0 radical (unpaired) electrons. The van der Waals surface area contributed by atoms with Crippen molar-refractivity contribution in [3.05, 3.63) is 56.3 Å². The summed E-state index contributed by atoms with van der Waals surface area (Å²) in [6.45, 7) is 5.23. The minimum Gasteiger partial charge on any atom is -0.508 e. The number of hydrogen-bond donors (Lipinski definition) is 1. The van der Waals surface area contributed by atoms with Gasteiger partial charge >= 0.3 is 11.9 Å². The monoisotopic (exact) mass is 427 g/mol. The number of phenols is 1. The van der Waals surface area contributed by atoms with Gasteiger partial charge in [0.1, 0.15) is 16.7 Å². The van der Waals surface area contributed by atoms with Gasteiger partial charge in [0.2, 0.25) is 0 Å². The number of aromatic hydroxyl groups is 1. The second-order valence-corrected chi connectivity index (χ2v) is 7.27. The van der Waals surface area contributed by atoms with Crippen LogP contribution in [0.3, 0.4) is 0 Å². The first-order valence-electron chi connectivity index (χ1n) is 9.22. The predicted molar refractivity (Wildman–Crippen MR) is 111 cm³/mol. The van der Waals surface area contributed by atoms with Gasteiger partial charge in [-0.25, -0.2) is 9.59 Å². The van der Waals surface area contributed by atoms with E-state index in [2.05, 4.69) is 0 Å². The van der Waals surface area contributed by atoms with Gasteiger partial charge in [0.15, 0.2) is 5.78 Å². The number of hydrogen-bond acceptors (Lipinski definition) is 8. The highest BCUT2D eigenvalue weighted by Gasteiger charge is 2.27. The van der Waals surface area contributed by atoms with E-state index >= 15 is 0 Å². The molecule has 0 saturated heterocycles. The third kappa shape index (κ3) is 5.33. The molecule has 0 spiro atoms. The lowest BCUT2D eigenvalue weighted by Gasteiger charge is -2.05. The molecule has 0 atom stereocenters. The molecule has 0 aliphatic heterocycles. The molecule has 1 aromatic carbocycles. The molecule has 0 fully saturated rings. The van der Waals surface area contributed by atoms with Crippen LogP contribution in [0.4, 0.5) is 0 Å². The maximum atomic E-state index is 12.8. The molecule has 0 unspecified atom stereocenters. The second-order valence-electron chi connectivity index (χ2n) is 6.16. The zero-order chi connectivity index (χ0) is 22.3. The fourth-order valence-corrected chi connectivity index (χ4v) is 3.94. The van der Waals surface area contributed by atoms with Crippen molar-refractivity contribution in [2.24, 2.45) is 0 Å². The molecule has 2 rings (SSSR count). The first-order valence-corrected chi connectivity index (χ1v) is 10.0. The number of carbonyl (C=O) groups is 3. The quantitative estimate of drug-likeness (QED) is 0.387. The third-order valence-electron chi connectivity index (χ3n) is 4.08. The number of allylic oxidation sites excluding steroid dienone is 1. The normalized spacial score (nSPS) is 10.9. The van der Waals surface area contributed by atoms with Gasteiger partial charge in [-0.15, -0.1) is 11.3 Å². The molecule has 156 valence electrons. The van der Waals surface area contributed by atoms with Gasteiger partial charge in [-0.2, -0.15) is 5.26 Å². The molecule has 1 heterocycles. The van der Waals surface area contributed by atoms with E-state index in [0.717, 1.165) is 11.3 Å². The van der Waals surface area contributed by atoms with Crippen LogP contribution in [0.15, 0.2) is 29.8 Å². The molecular weight excluding hydrogens is 406 g/mol. The zero-order valence-electron chi connectivity index (χ0n) is 16.9. The minimum atomic E-state index is -0.639. The van der Waals surface area contributed by atoms with Crippen LogP contribution in [0.1, 0.15) is 49.9 Å². The Bertz CT molecular complexity index is 1040. The Kier molecular flexibility index (Phi) is 7.90. The minimum absolute atomic E-state index is 0.00560. The molecule has 7 nitrogen and oxygen atoms in total. The van der Waals surface area contributed by atoms with E-state index in [0.29, 0.717) is 16.0 Å². The maximum absolute atomic E-state index is 12.8. The van der Waals surface area contributed by atoms with E-state index in [4.69, 9.17) is 9.47 Å². The predicted octanol–water partition coefficient (Wildman–Crippen LogP) is 3.83. The van der Waals surface area contributed by atoms with E-state index in [1.807, 2.05) is 6.07 Å². The highest BCUT2D eigenvalue weighted by atomic mass is 32.1. The highest BCUT2D eigenvalue weighted by molar-refractivity contribution is 7.14. The number of phenolic OH excluding ortho intramolecular Hbond substituents is 1. The summed E-state index contributed by atoms with van der Waals surface area (Å²) in [4.78, 5) is 38.0. The van der Waals surface area contributed by atoms with Crippen molar-refractivity contribution < 1.29 is 29.0 Å². The lowest BCUT2D eigenvalue weighted by Crippen LogP contribution is -2.12. The lowest BCUT2D eigenvalue weighted by molar-refractivity contribution is -0.114. The molecule has 30 heavy (non-hydrogen) atoms. The van der Waals surface area contributed by atoms with Gasteiger partial charge in [0, 0.05) is 11.3 Å². The van der Waals surface area contributed by atoms with Crippen molar-refractivity contribution in [1.29, 1.82) is 5.26 Å². The SMILES string of the molecule is CCOC(=O)c1sc(CC(=O)C(C#N)=Cc2cccc(O)c2)c(C(=O)OCC)c1C. The van der Waals surface area contributed by atoms with E-state index in [-0.39, 0.29) is 41.4 Å². The summed E-state index contributed by atoms with van der Waals surface area (Å²) in [7, 11) is 0. The highest BCUT2D eigenvalue weighted by Crippen LogP contribution is 2.31. The molecule has 0 aliphatic rings. The standard InChI is InChI=1S/C22H21NO6S/c1-4-28-21(26)19-13(3)20(22(27)29-5-2)30-18(19)11-17(25)15(12-23)9-14-7-6-8-16(24)10-14/h6-10,24H,4-5,11H2,1-3H3. The fraction of sp³-hybridized carbons (Fsp3) is 0.273. The van der Waals surface area contributed by atoms with Crippen molar-refractivity contribution in [3.8, 4) is 11.8 Å². The summed E-state index contributed by atoms with van der Waals surface area (Å²) >= 11 is 0.980. The van der Waals surface area contributed by atoms with Crippen molar-refractivity contribution in [1.82, 2.24) is 0 Å². The number of ether oxygens (including phenoxy) is 2. The summed E-state index contributed by atoms with van der Waals surface area (Å²) in [5.41, 5.74) is 0.877. The number of thiophene rings is 1. The maximum Gasteiger partial charge on any atom is 0.348 e. The molecule has 0 amide bonds. The van der Waals surface area contributed by atoms with Gasteiger partial charge in [0.25, 0.3) is 0 Å². The van der Waals surface area contributed by atoms with E-state index < -0.39 is 17.7 Å². The van der Waals surface area contributed by atoms with Crippen LogP contribution < -0.4 is 0 Å². The smallest absolute Gasteiger partial charge is 0.348 e. The van der Waals surface area contributed by atoms with Gasteiger partial charge in [0.05, 0.1) is 24.4 Å². The van der Waals surface area contributed by atoms with Gasteiger partial charge in [-0.1, -0.05) is 12.1 Å². The Morgan fingerprint density at radius 3 is 2.43 bits per heavy atom. The van der Waals surface area contributed by atoms with Crippen LogP contribution in [-0.2, 0) is 20.7 Å². The Labute approximate surface area is 178 Å². The molecule has 0 saturated carbocycles. The number of esters is 2. The summed E-state index contributed by atoms with van der Waals surface area (Å²) in [5, 5.41) is 19.0. The lowest BCUT2D eigenvalue weighted by atomic mass is 10.0. The second kappa shape index (κ2) is 10.4. The van der Waals surface area contributed by atoms with Crippen LogP contribution in [-0.4, -0.2) is 36.0 Å². The van der Waals surface area contributed by atoms with Crippen LogP contribution >= 0.6 is 11.3 Å². The molecule has 0 aliphatic carbocycles. The van der Waals surface area contributed by atoms with Crippen molar-refractivity contribution in [2.45, 2.75) is 27.2 Å². The van der Waals surface area contributed by atoms with Crippen molar-refractivity contribution in [3.63, 3.8) is 0 Å². The van der Waals surface area contributed by atoms with Crippen molar-refractivity contribution in [2.75, 3.05) is 13.2 Å². The Hall–Kier alpha value is -3.44. The van der Waals surface area contributed by atoms with Crippen LogP contribution in [0.25, 0.3) is 6.08 Å². The molecular formula is C22H21NO6S. The number of ketones is 1. The Morgan fingerprint density at radius 1 is 1.17 bits per heavy atom. The van der Waals surface area contributed by atoms with Crippen LogP contribution in [0.2, 0.25) is 0 Å². The van der Waals surface area contributed by atoms with Gasteiger partial charge in [-0.3, -0.25) is 4.79 Å². The van der Waals surface area contributed by atoms with Gasteiger partial charge in [-0.05, 0) is 50.1 Å². The number of nitrogens with zero attached hydrogens (tertiary/aromatic N) is 1. The number of carbonyl (C=O) groups excluding carboxylic acids is 3. The number of rotatable bonds is 8. The number of benzene rings is 1. The molecule has 1 N–H and O–H groups in total.